The molecule has 1 aromatic carbocycles. The summed E-state index contributed by atoms with van der Waals surface area (Å²) in [4.78, 5) is 13.6. The van der Waals surface area contributed by atoms with Crippen LogP contribution in [0, 0.1) is 0 Å². The quantitative estimate of drug-likeness (QED) is 0.209. The summed E-state index contributed by atoms with van der Waals surface area (Å²) in [5, 5.41) is 0.907. The number of nitrogens with zero attached hydrogens (tertiary/aromatic N) is 1. The molecule has 0 spiro atoms. The normalized spacial score (nSPS) is 11.2. The Morgan fingerprint density at radius 1 is 0.750 bits per heavy atom. The van der Waals surface area contributed by atoms with Crippen molar-refractivity contribution in [3.63, 3.8) is 0 Å². The van der Waals surface area contributed by atoms with Crippen molar-refractivity contribution in [2.24, 2.45) is 0 Å². The molecule has 0 saturated heterocycles. The smallest absolute Gasteiger partial charge is 0.297 e. The molecule has 0 aliphatic carbocycles. The molecular weight excluding hydrogens is 400 g/mol. The lowest BCUT2D eigenvalue weighted by atomic mass is 10.1. The van der Waals surface area contributed by atoms with E-state index in [4.69, 9.17) is 15.2 Å². The number of aromatic nitrogens is 1. The summed E-state index contributed by atoms with van der Waals surface area (Å²) in [7, 11) is 0. The highest BCUT2D eigenvalue weighted by Gasteiger charge is 2.20. The van der Waals surface area contributed by atoms with E-state index in [2.05, 4.69) is 20.8 Å². The second-order valence-electron chi connectivity index (χ2n) is 8.77. The van der Waals surface area contributed by atoms with Crippen LogP contribution in [0.25, 0.3) is 10.9 Å². The Morgan fingerprint density at radius 2 is 1.34 bits per heavy atom. The van der Waals surface area contributed by atoms with E-state index in [1.54, 1.807) is 0 Å². The molecule has 0 aliphatic rings. The van der Waals surface area contributed by atoms with E-state index in [0.717, 1.165) is 49.4 Å². The molecule has 2 aromatic rings. The number of rotatable bonds is 17. The molecular formula is C27H44N2O3. The lowest BCUT2D eigenvalue weighted by Crippen LogP contribution is -2.24. The van der Waals surface area contributed by atoms with E-state index in [0.29, 0.717) is 36.9 Å². The van der Waals surface area contributed by atoms with Gasteiger partial charge in [0, 0.05) is 17.6 Å². The van der Waals surface area contributed by atoms with Gasteiger partial charge < -0.3 is 19.8 Å². The highest BCUT2D eigenvalue weighted by Crippen LogP contribution is 2.34. The van der Waals surface area contributed by atoms with Crippen LogP contribution >= 0.6 is 0 Å². The predicted octanol–water partition coefficient (Wildman–Crippen LogP) is 7.08. The first-order valence-corrected chi connectivity index (χ1v) is 12.9. The maximum atomic E-state index is 13.6. The third-order valence-electron chi connectivity index (χ3n) is 5.93. The predicted molar refractivity (Wildman–Crippen MR) is 136 cm³/mol. The average Bonchev–Trinajstić information content (AvgIpc) is 2.79. The molecule has 1 aromatic heterocycles. The van der Waals surface area contributed by atoms with Crippen molar-refractivity contribution in [3.8, 4) is 11.5 Å². The fourth-order valence-electron chi connectivity index (χ4n) is 3.98. The Bertz CT molecular complexity index is 860. The number of pyridine rings is 1. The van der Waals surface area contributed by atoms with E-state index in [9.17, 15) is 4.79 Å². The van der Waals surface area contributed by atoms with Crippen molar-refractivity contribution in [2.75, 3.05) is 18.9 Å². The van der Waals surface area contributed by atoms with Crippen LogP contribution in [0.1, 0.15) is 97.8 Å². The number of ether oxygens (including phenoxy) is 2. The lowest BCUT2D eigenvalue weighted by molar-refractivity contribution is 0.258. The third kappa shape index (κ3) is 7.75. The van der Waals surface area contributed by atoms with Crippen LogP contribution in [-0.2, 0) is 6.54 Å². The van der Waals surface area contributed by atoms with Gasteiger partial charge in [-0.1, -0.05) is 78.6 Å². The summed E-state index contributed by atoms with van der Waals surface area (Å²) >= 11 is 0. The summed E-state index contributed by atoms with van der Waals surface area (Å²) in [5.74, 6) is 0.939. The van der Waals surface area contributed by atoms with Gasteiger partial charge in [-0.3, -0.25) is 4.79 Å². The zero-order valence-electron chi connectivity index (χ0n) is 20.6. The molecule has 180 valence electrons. The Labute approximate surface area is 194 Å². The number of nitrogen functional groups attached to an aromatic ring is 1. The van der Waals surface area contributed by atoms with Crippen molar-refractivity contribution < 1.29 is 9.47 Å². The van der Waals surface area contributed by atoms with Crippen molar-refractivity contribution in [1.82, 2.24) is 4.57 Å². The van der Waals surface area contributed by atoms with E-state index in [1.807, 2.05) is 22.8 Å². The highest BCUT2D eigenvalue weighted by molar-refractivity contribution is 5.90. The molecule has 0 fully saturated rings. The zero-order chi connectivity index (χ0) is 23.2. The van der Waals surface area contributed by atoms with Gasteiger partial charge in [-0.2, -0.15) is 0 Å². The molecule has 2 N–H and O–H groups in total. The molecule has 0 unspecified atom stereocenters. The standard InChI is InChI=1S/C27H44N2O3/c1-4-7-10-12-13-14-18-29-24-21-22(28)16-17-23(24)25(31-19-9-6-3)26(27(29)30)32-20-15-11-8-5-2/h16-17,21H,4-15,18-20,28H2,1-3H3. The van der Waals surface area contributed by atoms with Crippen molar-refractivity contribution in [2.45, 2.75) is 104 Å². The average molecular weight is 445 g/mol. The summed E-state index contributed by atoms with van der Waals surface area (Å²) < 4.78 is 14.1. The largest absolute Gasteiger partial charge is 0.489 e. The molecule has 32 heavy (non-hydrogen) atoms. The number of anilines is 1. The zero-order valence-corrected chi connectivity index (χ0v) is 20.6. The van der Waals surface area contributed by atoms with Gasteiger partial charge in [-0.05, 0) is 37.5 Å². The van der Waals surface area contributed by atoms with Crippen molar-refractivity contribution in [3.05, 3.63) is 28.6 Å². The summed E-state index contributed by atoms with van der Waals surface area (Å²) in [6.45, 7) is 8.33. The van der Waals surface area contributed by atoms with Crippen LogP contribution in [0.2, 0.25) is 0 Å². The van der Waals surface area contributed by atoms with Crippen LogP contribution < -0.4 is 20.8 Å². The summed E-state index contributed by atoms with van der Waals surface area (Å²) in [6.07, 6.45) is 13.5. The minimum Gasteiger partial charge on any atom is -0.489 e. The van der Waals surface area contributed by atoms with E-state index in [-0.39, 0.29) is 5.56 Å². The molecule has 5 heteroatoms. The second kappa shape index (κ2) is 14.8. The topological polar surface area (TPSA) is 66.5 Å². The van der Waals surface area contributed by atoms with E-state index >= 15 is 0 Å². The molecule has 0 atom stereocenters. The van der Waals surface area contributed by atoms with Gasteiger partial charge in [0.05, 0.1) is 18.7 Å². The van der Waals surface area contributed by atoms with Gasteiger partial charge in [0.1, 0.15) is 0 Å². The molecule has 2 rings (SSSR count). The number of aryl methyl sites for hydroxylation is 1. The van der Waals surface area contributed by atoms with Gasteiger partial charge in [-0.25, -0.2) is 0 Å². The van der Waals surface area contributed by atoms with Crippen LogP contribution in [0.15, 0.2) is 23.0 Å². The van der Waals surface area contributed by atoms with E-state index < -0.39 is 0 Å². The van der Waals surface area contributed by atoms with Gasteiger partial charge in [0.25, 0.3) is 5.56 Å². The van der Waals surface area contributed by atoms with Gasteiger partial charge in [0.15, 0.2) is 5.75 Å². The number of hydrogen-bond acceptors (Lipinski definition) is 4. The maximum absolute atomic E-state index is 13.6. The molecule has 0 saturated carbocycles. The Morgan fingerprint density at radius 3 is 2.06 bits per heavy atom. The van der Waals surface area contributed by atoms with Crippen LogP contribution in [0.5, 0.6) is 11.5 Å². The lowest BCUT2D eigenvalue weighted by Gasteiger charge is -2.19. The van der Waals surface area contributed by atoms with Gasteiger partial charge >= 0.3 is 0 Å². The molecule has 5 nitrogen and oxygen atoms in total. The van der Waals surface area contributed by atoms with E-state index in [1.165, 1.54) is 38.5 Å². The number of nitrogens with two attached hydrogens (primary N) is 1. The minimum absolute atomic E-state index is 0.0985. The minimum atomic E-state index is -0.0985. The molecule has 0 bridgehead atoms. The highest BCUT2D eigenvalue weighted by atomic mass is 16.5. The first-order chi connectivity index (χ1) is 15.6. The number of benzene rings is 1. The van der Waals surface area contributed by atoms with Gasteiger partial charge in [-0.15, -0.1) is 0 Å². The Balaban J connectivity index is 2.34. The molecule has 0 aliphatic heterocycles. The number of fused-ring (bicyclic) bond motifs is 1. The Kier molecular flexibility index (Phi) is 12.1. The fourth-order valence-corrected chi connectivity index (χ4v) is 3.98. The SMILES string of the molecule is CCCCCCCCn1c(=O)c(OCCCCCC)c(OCCCC)c2ccc(N)cc21. The Hall–Kier alpha value is -2.17. The van der Waals surface area contributed by atoms with Gasteiger partial charge in [0.2, 0.25) is 5.75 Å². The summed E-state index contributed by atoms with van der Waals surface area (Å²) in [6, 6.07) is 5.73. The first kappa shape index (κ1) is 26.1. The van der Waals surface area contributed by atoms with Crippen molar-refractivity contribution in [1.29, 1.82) is 0 Å². The van der Waals surface area contributed by atoms with Crippen LogP contribution in [0.4, 0.5) is 5.69 Å². The monoisotopic (exact) mass is 444 g/mol. The van der Waals surface area contributed by atoms with Crippen molar-refractivity contribution >= 4 is 16.6 Å². The van der Waals surface area contributed by atoms with Crippen LogP contribution in [0.3, 0.4) is 0 Å². The molecule has 0 amide bonds. The second-order valence-corrected chi connectivity index (χ2v) is 8.77. The first-order valence-electron chi connectivity index (χ1n) is 12.9. The number of hydrogen-bond donors (Lipinski definition) is 1. The fraction of sp³-hybridized carbons (Fsp3) is 0.667. The number of unbranched alkanes of at least 4 members (excludes halogenated alkanes) is 9. The molecule has 0 radical (unpaired) electrons. The molecule has 1 heterocycles. The third-order valence-corrected chi connectivity index (χ3v) is 5.93. The summed E-state index contributed by atoms with van der Waals surface area (Å²) in [5.41, 5.74) is 7.50. The maximum Gasteiger partial charge on any atom is 0.297 e. The van der Waals surface area contributed by atoms with Crippen LogP contribution in [-0.4, -0.2) is 17.8 Å².